The van der Waals surface area contributed by atoms with Gasteiger partial charge in [-0.25, -0.2) is 0 Å². The molecule has 1 amide bonds. The first-order valence-electron chi connectivity index (χ1n) is 7.84. The van der Waals surface area contributed by atoms with E-state index in [0.717, 1.165) is 26.7 Å². The fourth-order valence-corrected chi connectivity index (χ4v) is 3.82. The van der Waals surface area contributed by atoms with E-state index in [-0.39, 0.29) is 5.91 Å². The van der Waals surface area contributed by atoms with Crippen LogP contribution in [0.5, 0.6) is 0 Å². The second kappa shape index (κ2) is 7.20. The highest BCUT2D eigenvalue weighted by Gasteiger charge is 2.21. The quantitative estimate of drug-likeness (QED) is 0.526. The van der Waals surface area contributed by atoms with Crippen molar-refractivity contribution in [3.8, 4) is 10.4 Å². The Morgan fingerprint density at radius 2 is 1.83 bits per heavy atom. The molecule has 24 heavy (non-hydrogen) atoms. The third kappa shape index (κ3) is 3.37. The third-order valence-electron chi connectivity index (χ3n) is 3.81. The summed E-state index contributed by atoms with van der Waals surface area (Å²) in [5.41, 5.74) is 2.88. The number of aryl methyl sites for hydroxylation is 1. The molecule has 3 aromatic rings. The van der Waals surface area contributed by atoms with Gasteiger partial charge < -0.3 is 0 Å². The van der Waals surface area contributed by atoms with Gasteiger partial charge in [-0.1, -0.05) is 54.9 Å². The van der Waals surface area contributed by atoms with Crippen molar-refractivity contribution in [1.82, 2.24) is 0 Å². The normalized spacial score (nSPS) is 10.6. The molecule has 0 fully saturated rings. The summed E-state index contributed by atoms with van der Waals surface area (Å²) >= 11 is 7.83. The summed E-state index contributed by atoms with van der Waals surface area (Å²) in [6.07, 6.45) is 0.433. The van der Waals surface area contributed by atoms with Crippen LogP contribution in [0.25, 0.3) is 10.4 Å². The van der Waals surface area contributed by atoms with E-state index in [4.69, 9.17) is 11.6 Å². The number of amides is 1. The molecule has 0 aliphatic heterocycles. The maximum atomic E-state index is 12.6. The van der Waals surface area contributed by atoms with Crippen molar-refractivity contribution < 1.29 is 4.79 Å². The lowest BCUT2D eigenvalue weighted by atomic mass is 10.1. The molecule has 1 aromatic heterocycles. The lowest BCUT2D eigenvalue weighted by Gasteiger charge is -2.22. The monoisotopic (exact) mass is 355 g/mol. The Bertz CT molecular complexity index is 857. The number of carbonyl (C=O) groups excluding carboxylic acids is 1. The number of carbonyl (C=O) groups is 1. The molecular weight excluding hydrogens is 338 g/mol. The lowest BCUT2D eigenvalue weighted by molar-refractivity contribution is -0.117. The maximum absolute atomic E-state index is 12.6. The summed E-state index contributed by atoms with van der Waals surface area (Å²) < 4.78 is 0. The Balaban J connectivity index is 2.09. The number of benzene rings is 2. The van der Waals surface area contributed by atoms with Gasteiger partial charge in [0, 0.05) is 21.2 Å². The van der Waals surface area contributed by atoms with Crippen molar-refractivity contribution in [3.05, 3.63) is 70.6 Å². The fourth-order valence-electron chi connectivity index (χ4n) is 2.63. The second-order valence-electron chi connectivity index (χ2n) is 5.48. The van der Waals surface area contributed by atoms with E-state index in [1.165, 1.54) is 0 Å². The zero-order chi connectivity index (χ0) is 17.1. The van der Waals surface area contributed by atoms with Crippen molar-refractivity contribution in [2.75, 3.05) is 4.90 Å². The van der Waals surface area contributed by atoms with Gasteiger partial charge in [0.05, 0.1) is 11.4 Å². The fraction of sp³-hybridized carbons (Fsp3) is 0.150. The molecule has 0 saturated heterocycles. The third-order valence-corrected chi connectivity index (χ3v) is 5.13. The number of anilines is 2. The second-order valence-corrected chi connectivity index (χ2v) is 7.17. The van der Waals surface area contributed by atoms with Crippen LogP contribution < -0.4 is 4.90 Å². The van der Waals surface area contributed by atoms with Gasteiger partial charge in [0.1, 0.15) is 0 Å². The van der Waals surface area contributed by atoms with Gasteiger partial charge in [0.25, 0.3) is 0 Å². The number of rotatable bonds is 4. The Labute approximate surface area is 151 Å². The molecule has 0 aliphatic rings. The predicted octanol–water partition coefficient (Wildman–Crippen LogP) is 6.45. The van der Waals surface area contributed by atoms with Crippen molar-refractivity contribution in [2.45, 2.75) is 20.3 Å². The summed E-state index contributed by atoms with van der Waals surface area (Å²) in [5, 5.41) is 0.623. The van der Waals surface area contributed by atoms with E-state index in [0.29, 0.717) is 11.4 Å². The van der Waals surface area contributed by atoms with Gasteiger partial charge in [-0.05, 0) is 36.8 Å². The molecular formula is C20H18ClNOS. The summed E-state index contributed by atoms with van der Waals surface area (Å²) in [5.74, 6) is 0.0535. The van der Waals surface area contributed by atoms with E-state index in [2.05, 4.69) is 18.2 Å². The standard InChI is InChI=1S/C20H18ClNOS/c1-3-20(23)22(17-11-7-10-16(21)12-17)18-13-19(24-14(18)2)15-8-5-4-6-9-15/h4-13H,3H2,1-2H3. The van der Waals surface area contributed by atoms with Crippen molar-refractivity contribution in [3.63, 3.8) is 0 Å². The Hall–Kier alpha value is -2.10. The summed E-state index contributed by atoms with van der Waals surface area (Å²) in [4.78, 5) is 16.6. The van der Waals surface area contributed by atoms with Crippen molar-refractivity contribution in [2.24, 2.45) is 0 Å². The molecule has 122 valence electrons. The van der Waals surface area contributed by atoms with Gasteiger partial charge in [-0.3, -0.25) is 9.69 Å². The first-order chi connectivity index (χ1) is 11.6. The Morgan fingerprint density at radius 3 is 2.50 bits per heavy atom. The molecule has 0 unspecified atom stereocenters. The number of hydrogen-bond acceptors (Lipinski definition) is 2. The van der Waals surface area contributed by atoms with E-state index in [1.54, 1.807) is 16.2 Å². The van der Waals surface area contributed by atoms with Gasteiger partial charge >= 0.3 is 0 Å². The molecule has 2 nitrogen and oxygen atoms in total. The molecule has 2 aromatic carbocycles. The average Bonchev–Trinajstić information content (AvgIpc) is 2.97. The number of nitrogens with zero attached hydrogens (tertiary/aromatic N) is 1. The molecule has 0 radical (unpaired) electrons. The lowest BCUT2D eigenvalue weighted by Crippen LogP contribution is -2.25. The molecule has 4 heteroatoms. The van der Waals surface area contributed by atoms with Crippen LogP contribution in [-0.2, 0) is 4.79 Å². The van der Waals surface area contributed by atoms with Gasteiger partial charge in [0.2, 0.25) is 5.91 Å². The van der Waals surface area contributed by atoms with E-state index in [1.807, 2.05) is 56.3 Å². The zero-order valence-corrected chi connectivity index (χ0v) is 15.2. The summed E-state index contributed by atoms with van der Waals surface area (Å²) in [7, 11) is 0. The molecule has 0 atom stereocenters. The van der Waals surface area contributed by atoms with Crippen LogP contribution in [0.4, 0.5) is 11.4 Å². The maximum Gasteiger partial charge on any atom is 0.231 e. The number of halogens is 1. The number of thiophene rings is 1. The van der Waals surface area contributed by atoms with Gasteiger partial charge in [-0.2, -0.15) is 0 Å². The first kappa shape index (κ1) is 16.7. The first-order valence-corrected chi connectivity index (χ1v) is 9.04. The van der Waals surface area contributed by atoms with Crippen LogP contribution in [0.2, 0.25) is 5.02 Å². The Morgan fingerprint density at radius 1 is 1.08 bits per heavy atom. The SMILES string of the molecule is CCC(=O)N(c1cccc(Cl)c1)c1cc(-c2ccccc2)sc1C. The van der Waals surface area contributed by atoms with Crippen LogP contribution in [0, 0.1) is 6.92 Å². The molecule has 0 spiro atoms. The van der Waals surface area contributed by atoms with Crippen LogP contribution in [0.15, 0.2) is 60.7 Å². The highest BCUT2D eigenvalue weighted by Crippen LogP contribution is 2.39. The van der Waals surface area contributed by atoms with Crippen LogP contribution in [0.3, 0.4) is 0 Å². The minimum absolute atomic E-state index is 0.0535. The predicted molar refractivity (Wildman–Crippen MR) is 103 cm³/mol. The van der Waals surface area contributed by atoms with Crippen molar-refractivity contribution >= 4 is 40.2 Å². The Kier molecular flexibility index (Phi) is 5.03. The van der Waals surface area contributed by atoms with E-state index >= 15 is 0 Å². The van der Waals surface area contributed by atoms with E-state index in [9.17, 15) is 4.79 Å². The zero-order valence-electron chi connectivity index (χ0n) is 13.6. The molecule has 3 rings (SSSR count). The highest BCUT2D eigenvalue weighted by molar-refractivity contribution is 7.16. The smallest absolute Gasteiger partial charge is 0.231 e. The van der Waals surface area contributed by atoms with Crippen LogP contribution >= 0.6 is 22.9 Å². The topological polar surface area (TPSA) is 20.3 Å². The molecule has 0 N–H and O–H groups in total. The van der Waals surface area contributed by atoms with E-state index < -0.39 is 0 Å². The van der Waals surface area contributed by atoms with Gasteiger partial charge in [-0.15, -0.1) is 11.3 Å². The minimum atomic E-state index is 0.0535. The molecule has 1 heterocycles. The van der Waals surface area contributed by atoms with Crippen LogP contribution in [-0.4, -0.2) is 5.91 Å². The molecule has 0 bridgehead atoms. The minimum Gasteiger partial charge on any atom is -0.280 e. The summed E-state index contributed by atoms with van der Waals surface area (Å²) in [6, 6.07) is 19.7. The van der Waals surface area contributed by atoms with Gasteiger partial charge in [0.15, 0.2) is 0 Å². The average molecular weight is 356 g/mol. The largest absolute Gasteiger partial charge is 0.280 e. The molecule has 0 saturated carbocycles. The van der Waals surface area contributed by atoms with Crippen LogP contribution in [0.1, 0.15) is 18.2 Å². The number of hydrogen-bond donors (Lipinski definition) is 0. The van der Waals surface area contributed by atoms with Crippen molar-refractivity contribution in [1.29, 1.82) is 0 Å². The highest BCUT2D eigenvalue weighted by atomic mass is 35.5. The summed E-state index contributed by atoms with van der Waals surface area (Å²) in [6.45, 7) is 3.92. The molecule has 0 aliphatic carbocycles.